The molecule has 0 unspecified atom stereocenters. The van der Waals surface area contributed by atoms with E-state index in [0.717, 1.165) is 4.90 Å². The van der Waals surface area contributed by atoms with Crippen molar-refractivity contribution in [3.63, 3.8) is 0 Å². The Labute approximate surface area is 141 Å². The summed E-state index contributed by atoms with van der Waals surface area (Å²) in [5.74, 6) is -0.177. The van der Waals surface area contributed by atoms with Gasteiger partial charge < -0.3 is 10.6 Å². The van der Waals surface area contributed by atoms with Crippen molar-refractivity contribution in [2.45, 2.75) is 11.8 Å². The molecular weight excluding hydrogens is 330 g/mol. The van der Waals surface area contributed by atoms with Crippen LogP contribution in [-0.2, 0) is 4.79 Å². The Morgan fingerprint density at radius 3 is 2.83 bits per heavy atom. The summed E-state index contributed by atoms with van der Waals surface area (Å²) in [6, 6.07) is 9.53. The van der Waals surface area contributed by atoms with Gasteiger partial charge in [-0.3, -0.25) is 19.7 Å². The highest BCUT2D eigenvalue weighted by Gasteiger charge is 2.18. The average Bonchev–Trinajstić information content (AvgIpc) is 2.54. The molecule has 3 rings (SSSR count). The summed E-state index contributed by atoms with van der Waals surface area (Å²) >= 11 is 1.43. The van der Waals surface area contributed by atoms with Gasteiger partial charge in [-0.25, -0.2) is 0 Å². The lowest BCUT2D eigenvalue weighted by Gasteiger charge is -2.17. The van der Waals surface area contributed by atoms with E-state index in [1.54, 1.807) is 19.1 Å². The summed E-state index contributed by atoms with van der Waals surface area (Å²) in [7, 11) is 0. The predicted molar refractivity (Wildman–Crippen MR) is 91.6 cm³/mol. The summed E-state index contributed by atoms with van der Waals surface area (Å²) in [5, 5.41) is 16.4. The summed E-state index contributed by atoms with van der Waals surface area (Å²) in [5.41, 5.74) is 1.74. The van der Waals surface area contributed by atoms with E-state index >= 15 is 0 Å². The first-order valence-corrected chi connectivity index (χ1v) is 8.06. The van der Waals surface area contributed by atoms with Crippen LogP contribution in [0.15, 0.2) is 41.3 Å². The molecule has 0 radical (unpaired) electrons. The fraction of sp³-hybridized carbons (Fsp3) is 0.125. The number of nitrogens with one attached hydrogen (secondary N) is 2. The monoisotopic (exact) mass is 343 g/mol. The Balaban J connectivity index is 1.83. The largest absolute Gasteiger partial charge is 0.324 e. The van der Waals surface area contributed by atoms with Crippen LogP contribution in [0, 0.1) is 17.0 Å². The zero-order valence-electron chi connectivity index (χ0n) is 12.7. The Kier molecular flexibility index (Phi) is 4.22. The number of hydrogen-bond donors (Lipinski definition) is 2. The molecule has 1 heterocycles. The first-order chi connectivity index (χ1) is 11.4. The second-order valence-corrected chi connectivity index (χ2v) is 6.28. The molecule has 2 aromatic carbocycles. The Bertz CT molecular complexity index is 866. The molecule has 0 saturated heterocycles. The van der Waals surface area contributed by atoms with Crippen LogP contribution >= 0.6 is 11.8 Å². The average molecular weight is 343 g/mol. The van der Waals surface area contributed by atoms with Crippen molar-refractivity contribution in [1.82, 2.24) is 0 Å². The lowest BCUT2D eigenvalue weighted by Crippen LogP contribution is -2.19. The van der Waals surface area contributed by atoms with Crippen LogP contribution in [0.3, 0.4) is 0 Å². The molecule has 0 bridgehead atoms. The second kappa shape index (κ2) is 6.32. The van der Waals surface area contributed by atoms with Gasteiger partial charge >= 0.3 is 0 Å². The lowest BCUT2D eigenvalue weighted by molar-refractivity contribution is -0.385. The first-order valence-electron chi connectivity index (χ1n) is 7.07. The van der Waals surface area contributed by atoms with Gasteiger partial charge in [-0.15, -0.1) is 11.8 Å². The Morgan fingerprint density at radius 2 is 2.08 bits per heavy atom. The van der Waals surface area contributed by atoms with E-state index in [1.807, 2.05) is 6.07 Å². The van der Waals surface area contributed by atoms with Crippen molar-refractivity contribution in [1.29, 1.82) is 0 Å². The summed E-state index contributed by atoms with van der Waals surface area (Å²) in [4.78, 5) is 35.1. The maximum atomic E-state index is 12.3. The molecule has 1 aliphatic heterocycles. The first kappa shape index (κ1) is 16.0. The van der Waals surface area contributed by atoms with E-state index in [2.05, 4.69) is 10.6 Å². The van der Waals surface area contributed by atoms with Gasteiger partial charge in [-0.05, 0) is 31.2 Å². The fourth-order valence-corrected chi connectivity index (χ4v) is 3.10. The van der Waals surface area contributed by atoms with Crippen LogP contribution in [0.25, 0.3) is 0 Å². The van der Waals surface area contributed by atoms with Crippen LogP contribution in [0.2, 0.25) is 0 Å². The number of hydrogen-bond acceptors (Lipinski definition) is 5. The zero-order valence-corrected chi connectivity index (χ0v) is 13.5. The van der Waals surface area contributed by atoms with Crippen LogP contribution < -0.4 is 10.6 Å². The molecule has 0 spiro atoms. The number of benzene rings is 2. The number of nitro groups is 1. The molecule has 7 nitrogen and oxygen atoms in total. The van der Waals surface area contributed by atoms with E-state index in [4.69, 9.17) is 0 Å². The molecule has 24 heavy (non-hydrogen) atoms. The second-order valence-electron chi connectivity index (χ2n) is 5.26. The van der Waals surface area contributed by atoms with Crippen LogP contribution in [0.4, 0.5) is 17.1 Å². The molecule has 0 aromatic heterocycles. The number of nitro benzene ring substituents is 1. The quantitative estimate of drug-likeness (QED) is 0.658. The van der Waals surface area contributed by atoms with Gasteiger partial charge in [0.25, 0.3) is 11.6 Å². The predicted octanol–water partition coefficient (Wildman–Crippen LogP) is 3.20. The van der Waals surface area contributed by atoms with Gasteiger partial charge in [0.2, 0.25) is 5.91 Å². The highest BCUT2D eigenvalue weighted by molar-refractivity contribution is 8.00. The molecule has 0 atom stereocenters. The van der Waals surface area contributed by atoms with Gasteiger partial charge in [-0.1, -0.05) is 6.07 Å². The van der Waals surface area contributed by atoms with Crippen molar-refractivity contribution >= 4 is 40.6 Å². The number of anilines is 2. The lowest BCUT2D eigenvalue weighted by atomic mass is 10.1. The van der Waals surface area contributed by atoms with Crippen LogP contribution in [0.1, 0.15) is 15.9 Å². The third-order valence-corrected chi connectivity index (χ3v) is 4.61. The topological polar surface area (TPSA) is 101 Å². The maximum absolute atomic E-state index is 12.3. The molecular formula is C16H13N3O4S. The number of rotatable bonds is 3. The van der Waals surface area contributed by atoms with Gasteiger partial charge in [0.1, 0.15) is 0 Å². The minimum atomic E-state index is -0.516. The van der Waals surface area contributed by atoms with Gasteiger partial charge in [-0.2, -0.15) is 0 Å². The number of aryl methyl sites for hydroxylation is 1. The molecule has 0 fully saturated rings. The van der Waals surface area contributed by atoms with E-state index in [1.165, 1.54) is 30.0 Å². The highest BCUT2D eigenvalue weighted by Crippen LogP contribution is 2.33. The number of carbonyl (C=O) groups excluding carboxylic acids is 2. The third kappa shape index (κ3) is 3.23. The van der Waals surface area contributed by atoms with Crippen molar-refractivity contribution in [3.05, 3.63) is 57.6 Å². The molecule has 0 saturated carbocycles. The fourth-order valence-electron chi connectivity index (χ4n) is 2.31. The standard InChI is InChI=1S/C16H13N3O4S/c1-9-2-3-10(6-13(9)19(22)23)16(21)17-11-4-5-14-12(7-11)18-15(20)8-24-14/h2-7H,8H2,1H3,(H,17,21)(H,18,20). The Hall–Kier alpha value is -2.87. The van der Waals surface area contributed by atoms with Crippen LogP contribution in [-0.4, -0.2) is 22.5 Å². The van der Waals surface area contributed by atoms with E-state index in [0.29, 0.717) is 22.7 Å². The maximum Gasteiger partial charge on any atom is 0.273 e. The number of fused-ring (bicyclic) bond motifs is 1. The van der Waals surface area contributed by atoms with E-state index < -0.39 is 10.8 Å². The molecule has 122 valence electrons. The molecule has 1 aliphatic rings. The molecule has 2 amide bonds. The number of thioether (sulfide) groups is 1. The van der Waals surface area contributed by atoms with E-state index in [-0.39, 0.29) is 17.2 Å². The van der Waals surface area contributed by atoms with Crippen LogP contribution in [0.5, 0.6) is 0 Å². The smallest absolute Gasteiger partial charge is 0.273 e. The van der Waals surface area contributed by atoms with Gasteiger partial charge in [0, 0.05) is 27.8 Å². The van der Waals surface area contributed by atoms with Crippen molar-refractivity contribution < 1.29 is 14.5 Å². The molecule has 2 N–H and O–H groups in total. The summed E-state index contributed by atoms with van der Waals surface area (Å²) in [6.07, 6.45) is 0. The molecule has 0 aliphatic carbocycles. The van der Waals surface area contributed by atoms with Gasteiger partial charge in [0.15, 0.2) is 0 Å². The summed E-state index contributed by atoms with van der Waals surface area (Å²) < 4.78 is 0. The number of nitrogens with zero attached hydrogens (tertiary/aromatic N) is 1. The number of carbonyl (C=O) groups is 2. The zero-order chi connectivity index (χ0) is 17.3. The molecule has 8 heteroatoms. The van der Waals surface area contributed by atoms with Crippen molar-refractivity contribution in [2.24, 2.45) is 0 Å². The molecule has 2 aromatic rings. The van der Waals surface area contributed by atoms with Crippen molar-refractivity contribution in [2.75, 3.05) is 16.4 Å². The number of amides is 2. The van der Waals surface area contributed by atoms with E-state index in [9.17, 15) is 19.7 Å². The Morgan fingerprint density at radius 1 is 1.29 bits per heavy atom. The SMILES string of the molecule is Cc1ccc(C(=O)Nc2ccc3c(c2)NC(=O)CS3)cc1[N+](=O)[O-]. The highest BCUT2D eigenvalue weighted by atomic mass is 32.2. The van der Waals surface area contributed by atoms with Crippen molar-refractivity contribution in [3.8, 4) is 0 Å². The third-order valence-electron chi connectivity index (χ3n) is 3.54. The minimum absolute atomic E-state index is 0.0925. The summed E-state index contributed by atoms with van der Waals surface area (Å²) in [6.45, 7) is 1.61. The van der Waals surface area contributed by atoms with Gasteiger partial charge in [0.05, 0.1) is 16.4 Å². The normalized spacial score (nSPS) is 13.0. The minimum Gasteiger partial charge on any atom is -0.324 e.